The van der Waals surface area contributed by atoms with Gasteiger partial charge < -0.3 is 11.1 Å². The highest BCUT2D eigenvalue weighted by atomic mass is 15.2. The summed E-state index contributed by atoms with van der Waals surface area (Å²) >= 11 is 0. The van der Waals surface area contributed by atoms with Crippen molar-refractivity contribution in [2.24, 2.45) is 17.6 Å². The Balaban J connectivity index is 2.07. The topological polar surface area (TPSA) is 41.3 Å². The molecule has 1 aliphatic carbocycles. The van der Waals surface area contributed by atoms with Crippen molar-refractivity contribution in [3.63, 3.8) is 0 Å². The lowest BCUT2D eigenvalue weighted by Crippen LogP contribution is -2.43. The van der Waals surface area contributed by atoms with Gasteiger partial charge in [0.25, 0.3) is 0 Å². The molecule has 19 heavy (non-hydrogen) atoms. The molecule has 3 heteroatoms. The van der Waals surface area contributed by atoms with Gasteiger partial charge in [0, 0.05) is 12.6 Å². The first-order valence-electron chi connectivity index (χ1n) is 8.18. The Morgan fingerprint density at radius 1 is 1.21 bits per heavy atom. The second-order valence-corrected chi connectivity index (χ2v) is 6.79. The third-order valence-electron chi connectivity index (χ3n) is 4.73. The van der Waals surface area contributed by atoms with E-state index in [1.54, 1.807) is 0 Å². The van der Waals surface area contributed by atoms with Gasteiger partial charge in [0.2, 0.25) is 0 Å². The standard InChI is InChI=1S/C16H35N3/c1-13-5-7-16(8-6-13)9-11-18-15(3)19(4)12-10-14(2)17/h13-16,18H,5-12,17H2,1-4H3. The van der Waals surface area contributed by atoms with Crippen molar-refractivity contribution >= 4 is 0 Å². The molecule has 1 saturated carbocycles. The first kappa shape index (κ1) is 16.9. The number of rotatable bonds is 8. The molecule has 0 saturated heterocycles. The summed E-state index contributed by atoms with van der Waals surface area (Å²) in [4.78, 5) is 2.37. The van der Waals surface area contributed by atoms with E-state index in [-0.39, 0.29) is 0 Å². The SMILES string of the molecule is CC(N)CCN(C)C(C)NCCC1CCC(C)CC1. The van der Waals surface area contributed by atoms with Crippen LogP contribution in [0.2, 0.25) is 0 Å². The van der Waals surface area contributed by atoms with Crippen LogP contribution in [0.25, 0.3) is 0 Å². The van der Waals surface area contributed by atoms with Gasteiger partial charge in [-0.15, -0.1) is 0 Å². The highest BCUT2D eigenvalue weighted by Gasteiger charge is 2.18. The van der Waals surface area contributed by atoms with Crippen molar-refractivity contribution in [3.8, 4) is 0 Å². The Morgan fingerprint density at radius 2 is 1.84 bits per heavy atom. The van der Waals surface area contributed by atoms with Crippen molar-refractivity contribution < 1.29 is 0 Å². The fraction of sp³-hybridized carbons (Fsp3) is 1.00. The van der Waals surface area contributed by atoms with Crippen LogP contribution >= 0.6 is 0 Å². The third kappa shape index (κ3) is 7.28. The second kappa shape index (κ2) is 8.93. The molecule has 1 aliphatic rings. The second-order valence-electron chi connectivity index (χ2n) is 6.79. The third-order valence-corrected chi connectivity index (χ3v) is 4.73. The van der Waals surface area contributed by atoms with Crippen molar-refractivity contribution in [3.05, 3.63) is 0 Å². The van der Waals surface area contributed by atoms with E-state index in [0.717, 1.165) is 31.3 Å². The predicted octanol–water partition coefficient (Wildman–Crippen LogP) is 2.81. The smallest absolute Gasteiger partial charge is 0.0565 e. The quantitative estimate of drug-likeness (QED) is 0.666. The van der Waals surface area contributed by atoms with Gasteiger partial charge in [-0.1, -0.05) is 32.6 Å². The number of hydrogen-bond acceptors (Lipinski definition) is 3. The maximum Gasteiger partial charge on any atom is 0.0565 e. The first-order valence-corrected chi connectivity index (χ1v) is 8.18. The number of nitrogens with zero attached hydrogens (tertiary/aromatic N) is 1. The first-order chi connectivity index (χ1) is 8.99. The van der Waals surface area contributed by atoms with E-state index < -0.39 is 0 Å². The highest BCUT2D eigenvalue weighted by molar-refractivity contribution is 4.72. The Bertz CT molecular complexity index is 222. The molecule has 0 aromatic heterocycles. The van der Waals surface area contributed by atoms with Gasteiger partial charge in [0.15, 0.2) is 0 Å². The minimum absolute atomic E-state index is 0.305. The van der Waals surface area contributed by atoms with Gasteiger partial charge in [0.05, 0.1) is 6.17 Å². The maximum atomic E-state index is 5.80. The molecule has 0 radical (unpaired) electrons. The van der Waals surface area contributed by atoms with Gasteiger partial charge in [0.1, 0.15) is 0 Å². The average Bonchev–Trinajstić information content (AvgIpc) is 2.38. The summed E-state index contributed by atoms with van der Waals surface area (Å²) in [5, 5.41) is 3.65. The summed E-state index contributed by atoms with van der Waals surface area (Å²) in [5.74, 6) is 1.93. The molecule has 0 amide bonds. The van der Waals surface area contributed by atoms with Gasteiger partial charge in [-0.2, -0.15) is 0 Å². The molecule has 114 valence electrons. The van der Waals surface area contributed by atoms with Crippen molar-refractivity contribution in [1.82, 2.24) is 10.2 Å². The Kier molecular flexibility index (Phi) is 7.96. The molecule has 1 fully saturated rings. The van der Waals surface area contributed by atoms with Gasteiger partial charge in [-0.3, -0.25) is 4.90 Å². The summed E-state index contributed by atoms with van der Waals surface area (Å²) < 4.78 is 0. The van der Waals surface area contributed by atoms with Crippen LogP contribution in [0.3, 0.4) is 0 Å². The van der Waals surface area contributed by atoms with E-state index in [1.807, 2.05) is 0 Å². The minimum atomic E-state index is 0.305. The molecule has 0 spiro atoms. The lowest BCUT2D eigenvalue weighted by Gasteiger charge is -2.29. The van der Waals surface area contributed by atoms with Gasteiger partial charge in [-0.25, -0.2) is 0 Å². The Morgan fingerprint density at radius 3 is 2.42 bits per heavy atom. The largest absolute Gasteiger partial charge is 0.328 e. The van der Waals surface area contributed by atoms with Crippen LogP contribution in [-0.2, 0) is 0 Å². The molecule has 1 rings (SSSR count). The molecule has 0 heterocycles. The summed E-state index contributed by atoms with van der Waals surface area (Å²) in [5.41, 5.74) is 5.80. The van der Waals surface area contributed by atoms with Crippen LogP contribution < -0.4 is 11.1 Å². The lowest BCUT2D eigenvalue weighted by atomic mass is 9.81. The summed E-state index contributed by atoms with van der Waals surface area (Å²) in [6.45, 7) is 8.96. The normalized spacial score (nSPS) is 27.5. The number of nitrogens with one attached hydrogen (secondary N) is 1. The molecular formula is C16H35N3. The van der Waals surface area contributed by atoms with E-state index in [0.29, 0.717) is 12.2 Å². The van der Waals surface area contributed by atoms with Crippen LogP contribution in [0.1, 0.15) is 59.3 Å². The summed E-state index contributed by atoms with van der Waals surface area (Å²) in [6.07, 6.45) is 8.64. The van der Waals surface area contributed by atoms with E-state index in [9.17, 15) is 0 Å². The Hall–Kier alpha value is -0.120. The maximum absolute atomic E-state index is 5.80. The van der Waals surface area contributed by atoms with Crippen LogP contribution in [0.5, 0.6) is 0 Å². The van der Waals surface area contributed by atoms with Gasteiger partial charge >= 0.3 is 0 Å². The van der Waals surface area contributed by atoms with Crippen LogP contribution in [-0.4, -0.2) is 37.2 Å². The Labute approximate surface area is 120 Å². The van der Waals surface area contributed by atoms with Crippen LogP contribution in [0.4, 0.5) is 0 Å². The highest BCUT2D eigenvalue weighted by Crippen LogP contribution is 2.29. The molecule has 0 bridgehead atoms. The lowest BCUT2D eigenvalue weighted by molar-refractivity contribution is 0.204. The molecule has 0 aromatic rings. The van der Waals surface area contributed by atoms with Crippen LogP contribution in [0, 0.1) is 11.8 Å². The van der Waals surface area contributed by atoms with Gasteiger partial charge in [-0.05, 0) is 52.1 Å². The summed E-state index contributed by atoms with van der Waals surface area (Å²) in [7, 11) is 2.18. The fourth-order valence-electron chi connectivity index (χ4n) is 2.87. The van der Waals surface area contributed by atoms with Crippen molar-refractivity contribution in [2.75, 3.05) is 20.1 Å². The minimum Gasteiger partial charge on any atom is -0.328 e. The monoisotopic (exact) mass is 269 g/mol. The average molecular weight is 269 g/mol. The number of hydrogen-bond donors (Lipinski definition) is 2. The molecular weight excluding hydrogens is 234 g/mol. The van der Waals surface area contributed by atoms with Crippen molar-refractivity contribution in [2.45, 2.75) is 71.5 Å². The zero-order valence-electron chi connectivity index (χ0n) is 13.5. The van der Waals surface area contributed by atoms with E-state index >= 15 is 0 Å². The zero-order valence-corrected chi connectivity index (χ0v) is 13.5. The predicted molar refractivity (Wildman–Crippen MR) is 84.1 cm³/mol. The molecule has 2 unspecified atom stereocenters. The van der Waals surface area contributed by atoms with Crippen LogP contribution in [0.15, 0.2) is 0 Å². The molecule has 3 nitrogen and oxygen atoms in total. The fourth-order valence-corrected chi connectivity index (χ4v) is 2.87. The summed E-state index contributed by atoms with van der Waals surface area (Å²) in [6, 6.07) is 0.305. The zero-order chi connectivity index (χ0) is 14.3. The van der Waals surface area contributed by atoms with E-state index in [4.69, 9.17) is 5.73 Å². The molecule has 3 N–H and O–H groups in total. The molecule has 2 atom stereocenters. The molecule has 0 aromatic carbocycles. The molecule has 0 aliphatic heterocycles. The number of nitrogens with two attached hydrogens (primary N) is 1. The van der Waals surface area contributed by atoms with E-state index in [2.05, 4.69) is 38.0 Å². The van der Waals surface area contributed by atoms with E-state index in [1.165, 1.54) is 32.1 Å². The van der Waals surface area contributed by atoms with Crippen molar-refractivity contribution in [1.29, 1.82) is 0 Å².